The Bertz CT molecular complexity index is 2110. The number of halogens is 1. The highest BCUT2D eigenvalue weighted by Gasteiger charge is 2.40. The van der Waals surface area contributed by atoms with E-state index in [-0.39, 0.29) is 9.79 Å². The predicted octanol–water partition coefficient (Wildman–Crippen LogP) is 6.43. The van der Waals surface area contributed by atoms with E-state index in [4.69, 9.17) is 0 Å². The minimum absolute atomic E-state index is 0.127. The molecule has 4 atom stereocenters. The Kier molecular flexibility index (Phi) is 9.77. The minimum Gasteiger partial charge on any atom is -0.371 e. The van der Waals surface area contributed by atoms with Crippen LogP contribution < -0.4 is 9.80 Å². The first-order valence-electron chi connectivity index (χ1n) is 17.8. The fourth-order valence-electron chi connectivity index (χ4n) is 8.57. The SMILES string of the molecule is CN1CC[C@H]2c3cc(S(=O)(=O)c4ccc(F)cc4)ccc3N(C)[C@H]2CC1.CN1CC[C@H]2c3cc(S(=O)(=O)c4ccccc4)ccc3N(C)[C@H]2CC1. The van der Waals surface area contributed by atoms with Gasteiger partial charge in [0.15, 0.2) is 0 Å². The van der Waals surface area contributed by atoms with Crippen molar-refractivity contribution in [3.63, 3.8) is 0 Å². The largest absolute Gasteiger partial charge is 0.371 e. The van der Waals surface area contributed by atoms with E-state index in [9.17, 15) is 21.2 Å². The van der Waals surface area contributed by atoms with Gasteiger partial charge in [-0.1, -0.05) is 18.2 Å². The molecule has 11 heteroatoms. The van der Waals surface area contributed by atoms with E-state index in [1.807, 2.05) is 30.3 Å². The third kappa shape index (κ3) is 6.69. The minimum atomic E-state index is -3.65. The molecule has 2 fully saturated rings. The van der Waals surface area contributed by atoms with Crippen molar-refractivity contribution in [2.45, 2.75) is 69.2 Å². The van der Waals surface area contributed by atoms with Crippen molar-refractivity contribution in [2.24, 2.45) is 0 Å². The Labute approximate surface area is 302 Å². The number of fused-ring (bicyclic) bond motifs is 6. The number of nitrogens with zero attached hydrogens (tertiary/aromatic N) is 4. The normalized spacial score (nSPS) is 23.6. The van der Waals surface area contributed by atoms with Crippen LogP contribution in [0, 0.1) is 5.82 Å². The number of sulfone groups is 2. The molecule has 8 nitrogen and oxygen atoms in total. The summed E-state index contributed by atoms with van der Waals surface area (Å²) in [6, 6.07) is 25.7. The Morgan fingerprint density at radius 2 is 0.902 bits per heavy atom. The summed E-state index contributed by atoms with van der Waals surface area (Å²) < 4.78 is 65.0. The maximum atomic E-state index is 13.2. The van der Waals surface area contributed by atoms with Crippen molar-refractivity contribution >= 4 is 31.0 Å². The first-order chi connectivity index (χ1) is 24.4. The van der Waals surface area contributed by atoms with E-state index < -0.39 is 25.5 Å². The molecule has 8 rings (SSSR count). The lowest BCUT2D eigenvalue weighted by molar-refractivity contribution is 0.345. The van der Waals surface area contributed by atoms with Gasteiger partial charge in [-0.05, 0) is 150 Å². The average molecular weight is 731 g/mol. The molecule has 4 aromatic rings. The van der Waals surface area contributed by atoms with Crippen molar-refractivity contribution in [2.75, 3.05) is 64.2 Å². The molecule has 2 saturated heterocycles. The molecule has 0 spiro atoms. The summed E-state index contributed by atoms with van der Waals surface area (Å²) in [7, 11) is 1.43. The molecule has 270 valence electrons. The van der Waals surface area contributed by atoms with Crippen molar-refractivity contribution in [1.29, 1.82) is 0 Å². The molecule has 51 heavy (non-hydrogen) atoms. The van der Waals surface area contributed by atoms with Gasteiger partial charge in [0.05, 0.1) is 19.6 Å². The fourth-order valence-corrected chi connectivity index (χ4v) is 11.2. The van der Waals surface area contributed by atoms with Crippen LogP contribution in [0.2, 0.25) is 0 Å². The maximum Gasteiger partial charge on any atom is 0.206 e. The second-order valence-corrected chi connectivity index (χ2v) is 18.4. The topological polar surface area (TPSA) is 81.2 Å². The fraction of sp³-hybridized carbons (Fsp3) is 0.400. The Morgan fingerprint density at radius 1 is 0.510 bits per heavy atom. The molecule has 0 radical (unpaired) electrons. The second-order valence-electron chi connectivity index (χ2n) is 14.5. The molecular weight excluding hydrogens is 684 g/mol. The molecule has 4 aliphatic heterocycles. The summed E-state index contributed by atoms with van der Waals surface area (Å²) in [5, 5.41) is 0. The molecule has 4 heterocycles. The van der Waals surface area contributed by atoms with Crippen LogP contribution in [-0.2, 0) is 19.7 Å². The molecule has 4 aliphatic rings. The van der Waals surface area contributed by atoms with E-state index in [1.165, 1.54) is 35.5 Å². The molecule has 0 bridgehead atoms. The lowest BCUT2D eigenvalue weighted by Crippen LogP contribution is -2.31. The predicted molar refractivity (Wildman–Crippen MR) is 200 cm³/mol. The zero-order chi connectivity index (χ0) is 36.1. The molecule has 0 amide bonds. The zero-order valence-corrected chi connectivity index (χ0v) is 31.4. The summed E-state index contributed by atoms with van der Waals surface area (Å²) in [4.78, 5) is 10.5. The van der Waals surface area contributed by atoms with Gasteiger partial charge in [0.1, 0.15) is 5.82 Å². The summed E-state index contributed by atoms with van der Waals surface area (Å²) in [5.74, 6) is 0.323. The molecule has 0 N–H and O–H groups in total. The highest BCUT2D eigenvalue weighted by molar-refractivity contribution is 7.91. The van der Waals surface area contributed by atoms with E-state index in [0.717, 1.165) is 63.1 Å². The van der Waals surface area contributed by atoms with Gasteiger partial charge in [-0.3, -0.25) is 0 Å². The average Bonchev–Trinajstić information content (AvgIpc) is 3.32. The van der Waals surface area contributed by atoms with Gasteiger partial charge in [-0.15, -0.1) is 0 Å². The van der Waals surface area contributed by atoms with Crippen LogP contribution in [0.15, 0.2) is 111 Å². The summed E-state index contributed by atoms with van der Waals surface area (Å²) >= 11 is 0. The first kappa shape index (κ1) is 35.6. The summed E-state index contributed by atoms with van der Waals surface area (Å²) in [6.07, 6.45) is 4.30. The number of likely N-dealkylation sites (N-methyl/N-ethyl adjacent to an activating group) is 2. The lowest BCUT2D eigenvalue weighted by Gasteiger charge is -2.25. The van der Waals surface area contributed by atoms with Crippen LogP contribution >= 0.6 is 0 Å². The van der Waals surface area contributed by atoms with Gasteiger partial charge in [-0.2, -0.15) is 0 Å². The van der Waals surface area contributed by atoms with E-state index in [2.05, 4.69) is 47.8 Å². The van der Waals surface area contributed by atoms with Crippen LogP contribution in [0.4, 0.5) is 15.8 Å². The summed E-state index contributed by atoms with van der Waals surface area (Å²) in [5.41, 5.74) is 4.63. The van der Waals surface area contributed by atoms with Gasteiger partial charge in [0.2, 0.25) is 19.7 Å². The number of anilines is 2. The standard InChI is InChI=1S/C20H23FN2O2S.C20H24N2O2S/c1-22-11-9-17-18-13-16(7-8-19(18)23(2)20(17)10-12-22)26(24,25)15-5-3-14(21)4-6-15;1-21-12-10-17-18-14-16(25(23,24)15-6-4-3-5-7-15)8-9-19(18)22(2)20(17)11-13-21/h3-8,13,17,20H,9-12H2,1-2H3;3-9,14,17,20H,10-13H2,1-2H3/t2*17-,20-/m00/s1. The van der Waals surface area contributed by atoms with Gasteiger partial charge in [-0.25, -0.2) is 21.2 Å². The number of hydrogen-bond donors (Lipinski definition) is 0. The molecule has 4 aromatic carbocycles. The number of likely N-dealkylation sites (tertiary alicyclic amines) is 2. The van der Waals surface area contributed by atoms with Crippen molar-refractivity contribution in [1.82, 2.24) is 9.80 Å². The quantitative estimate of drug-likeness (QED) is 0.223. The second kappa shape index (κ2) is 14.0. The zero-order valence-electron chi connectivity index (χ0n) is 29.7. The van der Waals surface area contributed by atoms with Gasteiger partial charge in [0, 0.05) is 49.4 Å². The van der Waals surface area contributed by atoms with Crippen LogP contribution in [0.1, 0.15) is 48.6 Å². The van der Waals surface area contributed by atoms with Crippen LogP contribution in [0.5, 0.6) is 0 Å². The third-order valence-corrected chi connectivity index (χ3v) is 15.1. The van der Waals surface area contributed by atoms with Crippen molar-refractivity contribution < 1.29 is 21.2 Å². The van der Waals surface area contributed by atoms with Gasteiger partial charge >= 0.3 is 0 Å². The molecule has 0 aliphatic carbocycles. The van der Waals surface area contributed by atoms with Gasteiger partial charge < -0.3 is 19.6 Å². The Morgan fingerprint density at radius 3 is 1.35 bits per heavy atom. The van der Waals surface area contributed by atoms with Crippen LogP contribution in [-0.4, -0.2) is 93.1 Å². The number of hydrogen-bond acceptors (Lipinski definition) is 8. The highest BCUT2D eigenvalue weighted by Crippen LogP contribution is 2.47. The lowest BCUT2D eigenvalue weighted by atomic mass is 9.91. The van der Waals surface area contributed by atoms with Crippen LogP contribution in [0.25, 0.3) is 0 Å². The van der Waals surface area contributed by atoms with E-state index >= 15 is 0 Å². The van der Waals surface area contributed by atoms with Crippen molar-refractivity contribution in [3.05, 3.63) is 108 Å². The molecule has 0 aromatic heterocycles. The van der Waals surface area contributed by atoms with Crippen molar-refractivity contribution in [3.8, 4) is 0 Å². The third-order valence-electron chi connectivity index (χ3n) is 11.5. The highest BCUT2D eigenvalue weighted by atomic mass is 32.2. The number of benzene rings is 4. The van der Waals surface area contributed by atoms with Crippen LogP contribution in [0.3, 0.4) is 0 Å². The Balaban J connectivity index is 0.000000159. The monoisotopic (exact) mass is 730 g/mol. The maximum absolute atomic E-state index is 13.2. The Hall–Kier alpha value is -3.77. The molecule has 0 unspecified atom stereocenters. The number of rotatable bonds is 4. The first-order valence-corrected chi connectivity index (χ1v) is 20.7. The smallest absolute Gasteiger partial charge is 0.206 e. The van der Waals surface area contributed by atoms with E-state index in [0.29, 0.717) is 33.7 Å². The molecule has 0 saturated carbocycles. The molecular formula is C40H47FN4O4S2. The van der Waals surface area contributed by atoms with E-state index in [1.54, 1.807) is 36.4 Å². The van der Waals surface area contributed by atoms with Gasteiger partial charge in [0.25, 0.3) is 0 Å². The summed E-state index contributed by atoms with van der Waals surface area (Å²) in [6.45, 7) is 4.22.